The summed E-state index contributed by atoms with van der Waals surface area (Å²) in [6.07, 6.45) is 2.06. The molecule has 0 spiro atoms. The van der Waals surface area contributed by atoms with Crippen molar-refractivity contribution in [2.45, 2.75) is 32.2 Å². The van der Waals surface area contributed by atoms with Crippen molar-refractivity contribution in [3.8, 4) is 11.8 Å². The lowest BCUT2D eigenvalue weighted by Gasteiger charge is -2.26. The van der Waals surface area contributed by atoms with Crippen molar-refractivity contribution in [1.29, 1.82) is 0 Å². The molecule has 0 aliphatic carbocycles. The number of nitrogens with zero attached hydrogens (tertiary/aromatic N) is 1. The van der Waals surface area contributed by atoms with Gasteiger partial charge in [0, 0.05) is 37.1 Å². The molecule has 0 atom stereocenters. The van der Waals surface area contributed by atoms with Gasteiger partial charge in [0.1, 0.15) is 0 Å². The Hall–Kier alpha value is -3.18. The van der Waals surface area contributed by atoms with Gasteiger partial charge in [0.2, 0.25) is 11.8 Å². The van der Waals surface area contributed by atoms with Crippen molar-refractivity contribution in [2.75, 3.05) is 44.4 Å². The maximum absolute atomic E-state index is 13.2. The molecular formula is C27H33N3O4. The highest BCUT2D eigenvalue weighted by Gasteiger charge is 2.20. The number of carbonyl (C=O) groups excluding carboxylic acids is 2. The molecule has 0 bridgehead atoms. The third kappa shape index (κ3) is 7.99. The van der Waals surface area contributed by atoms with Crippen molar-refractivity contribution in [3.05, 3.63) is 65.2 Å². The zero-order chi connectivity index (χ0) is 24.0. The summed E-state index contributed by atoms with van der Waals surface area (Å²) in [5.74, 6) is 6.45. The summed E-state index contributed by atoms with van der Waals surface area (Å²) < 4.78 is 10.6. The Labute approximate surface area is 201 Å². The van der Waals surface area contributed by atoms with Crippen molar-refractivity contribution < 1.29 is 19.1 Å². The van der Waals surface area contributed by atoms with Gasteiger partial charge < -0.3 is 25.4 Å². The summed E-state index contributed by atoms with van der Waals surface area (Å²) in [7, 11) is 0. The van der Waals surface area contributed by atoms with Gasteiger partial charge in [-0.15, -0.1) is 0 Å². The Morgan fingerprint density at radius 3 is 2.38 bits per heavy atom. The average Bonchev–Trinajstić information content (AvgIpc) is 2.85. The molecule has 7 heteroatoms. The summed E-state index contributed by atoms with van der Waals surface area (Å²) in [5.41, 5.74) is 8.99. The number of fused-ring (bicyclic) bond motifs is 2. The molecule has 0 aromatic heterocycles. The molecule has 2 aromatic carbocycles. The van der Waals surface area contributed by atoms with Crippen LogP contribution in [0, 0.1) is 11.8 Å². The van der Waals surface area contributed by atoms with Crippen LogP contribution in [0.25, 0.3) is 0 Å². The van der Waals surface area contributed by atoms with E-state index in [0.29, 0.717) is 71.7 Å². The number of para-hydroxylation sites is 1. The number of hydrogen-bond acceptors (Lipinski definition) is 5. The van der Waals surface area contributed by atoms with E-state index >= 15 is 0 Å². The Balaban J connectivity index is 1.42. The first kappa shape index (κ1) is 25.4. The summed E-state index contributed by atoms with van der Waals surface area (Å²) in [5, 5.41) is 2.84. The Morgan fingerprint density at radius 1 is 0.882 bits per heavy atom. The van der Waals surface area contributed by atoms with E-state index in [2.05, 4.69) is 17.2 Å². The molecule has 34 heavy (non-hydrogen) atoms. The Kier molecular flexibility index (Phi) is 10.6. The van der Waals surface area contributed by atoms with Crippen LogP contribution in [-0.4, -0.2) is 51.3 Å². The monoisotopic (exact) mass is 463 g/mol. The first-order valence-corrected chi connectivity index (χ1v) is 11.8. The molecule has 1 aliphatic heterocycles. The number of benzene rings is 2. The second-order valence-electron chi connectivity index (χ2n) is 7.97. The number of ether oxygens (including phenoxy) is 2. The molecule has 1 aliphatic rings. The first-order valence-electron chi connectivity index (χ1n) is 11.8. The Morgan fingerprint density at radius 2 is 1.56 bits per heavy atom. The number of nitrogens with one attached hydrogen (secondary N) is 1. The topological polar surface area (TPSA) is 93.9 Å². The molecule has 0 saturated carbocycles. The van der Waals surface area contributed by atoms with Gasteiger partial charge in [0.05, 0.1) is 38.7 Å². The van der Waals surface area contributed by atoms with E-state index in [1.54, 1.807) is 0 Å². The van der Waals surface area contributed by atoms with Gasteiger partial charge in [0.15, 0.2) is 0 Å². The van der Waals surface area contributed by atoms with Crippen LogP contribution in [0.2, 0.25) is 0 Å². The molecular weight excluding hydrogens is 430 g/mol. The van der Waals surface area contributed by atoms with Crippen LogP contribution in [0.5, 0.6) is 0 Å². The van der Waals surface area contributed by atoms with Gasteiger partial charge in [-0.1, -0.05) is 42.2 Å². The lowest BCUT2D eigenvalue weighted by Crippen LogP contribution is -2.31. The minimum absolute atomic E-state index is 0.0313. The molecule has 0 fully saturated rings. The molecule has 2 amide bonds. The number of anilines is 1. The molecule has 3 rings (SSSR count). The smallest absolute Gasteiger partial charge is 0.227 e. The fourth-order valence-corrected chi connectivity index (χ4v) is 3.66. The predicted octanol–water partition coefficient (Wildman–Crippen LogP) is 2.60. The fourth-order valence-electron chi connectivity index (χ4n) is 3.66. The molecule has 1 heterocycles. The van der Waals surface area contributed by atoms with E-state index in [0.717, 1.165) is 22.4 Å². The lowest BCUT2D eigenvalue weighted by molar-refractivity contribution is -0.122. The van der Waals surface area contributed by atoms with Gasteiger partial charge in [0.25, 0.3) is 0 Å². The van der Waals surface area contributed by atoms with Gasteiger partial charge in [-0.05, 0) is 36.6 Å². The number of amides is 2. The van der Waals surface area contributed by atoms with Crippen LogP contribution in [0.4, 0.5) is 5.69 Å². The van der Waals surface area contributed by atoms with E-state index in [1.807, 2.05) is 53.4 Å². The maximum atomic E-state index is 13.2. The normalized spacial score (nSPS) is 12.0. The molecule has 3 N–H and O–H groups in total. The van der Waals surface area contributed by atoms with Crippen molar-refractivity contribution in [3.63, 3.8) is 0 Å². The third-order valence-corrected chi connectivity index (χ3v) is 5.42. The molecule has 180 valence electrons. The number of hydrogen-bond donors (Lipinski definition) is 2. The lowest BCUT2D eigenvalue weighted by atomic mass is 10.0. The summed E-state index contributed by atoms with van der Waals surface area (Å²) in [4.78, 5) is 27.0. The highest BCUT2D eigenvalue weighted by Crippen LogP contribution is 2.26. The highest BCUT2D eigenvalue weighted by atomic mass is 16.5. The number of nitrogens with two attached hydrogens (primary N) is 1. The maximum Gasteiger partial charge on any atom is 0.227 e. The first-order chi connectivity index (χ1) is 16.7. The van der Waals surface area contributed by atoms with Crippen molar-refractivity contribution in [2.24, 2.45) is 5.73 Å². The number of unbranched alkanes of at least 4 members (excludes halogenated alkanes) is 1. The standard InChI is InChI=1S/C27H33N3O4/c28-15-17-33-19-20-34-18-16-29-26(31)11-5-6-12-27(32)30-21-24-9-2-1-7-22(24)13-14-23-8-3-4-10-25(23)30/h1-4,7-10H,5-6,11-12,15-21,28H2,(H,29,31). The quantitative estimate of drug-likeness (QED) is 0.352. The molecule has 0 radical (unpaired) electrons. The van der Waals surface area contributed by atoms with E-state index in [1.165, 1.54) is 0 Å². The molecule has 2 aromatic rings. The zero-order valence-electron chi connectivity index (χ0n) is 19.6. The van der Waals surface area contributed by atoms with Crippen LogP contribution < -0.4 is 16.0 Å². The van der Waals surface area contributed by atoms with Crippen LogP contribution in [0.3, 0.4) is 0 Å². The van der Waals surface area contributed by atoms with Crippen molar-refractivity contribution in [1.82, 2.24) is 5.32 Å². The van der Waals surface area contributed by atoms with E-state index in [4.69, 9.17) is 15.2 Å². The third-order valence-electron chi connectivity index (χ3n) is 5.42. The van der Waals surface area contributed by atoms with E-state index < -0.39 is 0 Å². The molecule has 0 saturated heterocycles. The summed E-state index contributed by atoms with van der Waals surface area (Å²) >= 11 is 0. The van der Waals surface area contributed by atoms with Gasteiger partial charge >= 0.3 is 0 Å². The van der Waals surface area contributed by atoms with Crippen LogP contribution in [0.1, 0.15) is 42.4 Å². The van der Waals surface area contributed by atoms with Crippen LogP contribution >= 0.6 is 0 Å². The Bertz CT molecular complexity index is 1010. The SMILES string of the molecule is NCCOCCOCCNC(=O)CCCCC(=O)N1Cc2ccccc2C#Cc2ccccc21. The predicted molar refractivity (Wildman–Crippen MR) is 132 cm³/mol. The zero-order valence-corrected chi connectivity index (χ0v) is 19.6. The largest absolute Gasteiger partial charge is 0.378 e. The summed E-state index contributed by atoms with van der Waals surface area (Å²) in [6.45, 7) is 3.38. The summed E-state index contributed by atoms with van der Waals surface area (Å²) in [6, 6.07) is 15.7. The highest BCUT2D eigenvalue weighted by molar-refractivity contribution is 5.95. The number of carbonyl (C=O) groups is 2. The van der Waals surface area contributed by atoms with Gasteiger partial charge in [-0.25, -0.2) is 0 Å². The van der Waals surface area contributed by atoms with E-state index in [9.17, 15) is 9.59 Å². The molecule has 7 nitrogen and oxygen atoms in total. The average molecular weight is 464 g/mol. The number of rotatable bonds is 13. The molecule has 0 unspecified atom stereocenters. The second kappa shape index (κ2) is 14.2. The fraction of sp³-hybridized carbons (Fsp3) is 0.407. The van der Waals surface area contributed by atoms with Crippen LogP contribution in [-0.2, 0) is 25.6 Å². The minimum Gasteiger partial charge on any atom is -0.378 e. The van der Waals surface area contributed by atoms with Crippen molar-refractivity contribution >= 4 is 17.5 Å². The van der Waals surface area contributed by atoms with Gasteiger partial charge in [-0.3, -0.25) is 9.59 Å². The van der Waals surface area contributed by atoms with E-state index in [-0.39, 0.29) is 11.8 Å². The van der Waals surface area contributed by atoms with Crippen LogP contribution in [0.15, 0.2) is 48.5 Å². The minimum atomic E-state index is -0.0313. The second-order valence-corrected chi connectivity index (χ2v) is 7.97. The van der Waals surface area contributed by atoms with Gasteiger partial charge in [-0.2, -0.15) is 0 Å².